The van der Waals surface area contributed by atoms with E-state index in [9.17, 15) is 0 Å². The molecule has 0 radical (unpaired) electrons. The highest BCUT2D eigenvalue weighted by molar-refractivity contribution is 5.21. The fourth-order valence-corrected chi connectivity index (χ4v) is 2.05. The number of piperidine rings is 1. The molecular weight excluding hydrogens is 186 g/mol. The normalized spacial score (nSPS) is 19.8. The molecular formula is C13H19NO. The highest BCUT2D eigenvalue weighted by Gasteiger charge is 2.17. The Kier molecular flexibility index (Phi) is 3.62. The number of para-hydroxylation sites is 1. The number of likely N-dealkylation sites (tertiary alicyclic amines) is 1. The molecule has 1 aliphatic rings. The summed E-state index contributed by atoms with van der Waals surface area (Å²) in [6.07, 6.45) is 4.19. The quantitative estimate of drug-likeness (QED) is 0.752. The fraction of sp³-hybridized carbons (Fsp3) is 0.538. The van der Waals surface area contributed by atoms with Crippen LogP contribution in [0.25, 0.3) is 0 Å². The maximum Gasteiger partial charge on any atom is 0.149 e. The second kappa shape index (κ2) is 5.17. The Bertz CT molecular complexity index is 280. The van der Waals surface area contributed by atoms with E-state index in [1.807, 2.05) is 30.3 Å². The van der Waals surface area contributed by atoms with Crippen molar-refractivity contribution in [3.8, 4) is 5.75 Å². The third kappa shape index (κ3) is 2.96. The molecule has 2 nitrogen and oxygen atoms in total. The minimum atomic E-state index is 0.202. The van der Waals surface area contributed by atoms with Gasteiger partial charge in [-0.15, -0.1) is 0 Å². The summed E-state index contributed by atoms with van der Waals surface area (Å²) in [4.78, 5) is 2.41. The summed E-state index contributed by atoms with van der Waals surface area (Å²) < 4.78 is 5.88. The van der Waals surface area contributed by atoms with Gasteiger partial charge < -0.3 is 4.74 Å². The Labute approximate surface area is 91.9 Å². The van der Waals surface area contributed by atoms with Crippen LogP contribution >= 0.6 is 0 Å². The lowest BCUT2D eigenvalue weighted by Crippen LogP contribution is -2.40. The lowest BCUT2D eigenvalue weighted by molar-refractivity contribution is 0.0262. The van der Waals surface area contributed by atoms with Crippen LogP contribution in [0.1, 0.15) is 26.2 Å². The molecule has 1 heterocycles. The van der Waals surface area contributed by atoms with E-state index in [0.717, 1.165) is 5.75 Å². The molecule has 1 aromatic rings. The number of ether oxygens (including phenoxy) is 1. The number of rotatable bonds is 3. The van der Waals surface area contributed by atoms with Crippen LogP contribution in [0, 0.1) is 0 Å². The molecule has 0 spiro atoms. The fourth-order valence-electron chi connectivity index (χ4n) is 2.05. The van der Waals surface area contributed by atoms with Crippen LogP contribution in [0.4, 0.5) is 0 Å². The van der Waals surface area contributed by atoms with Gasteiger partial charge in [-0.1, -0.05) is 24.6 Å². The van der Waals surface area contributed by atoms with Crippen molar-refractivity contribution in [1.29, 1.82) is 0 Å². The Morgan fingerprint density at radius 1 is 1.07 bits per heavy atom. The summed E-state index contributed by atoms with van der Waals surface area (Å²) in [7, 11) is 0. The Balaban J connectivity index is 1.88. The molecule has 0 amide bonds. The lowest BCUT2D eigenvalue weighted by Gasteiger charge is -2.32. The van der Waals surface area contributed by atoms with Gasteiger partial charge in [0.1, 0.15) is 12.0 Å². The topological polar surface area (TPSA) is 12.5 Å². The van der Waals surface area contributed by atoms with Crippen molar-refractivity contribution in [2.24, 2.45) is 0 Å². The van der Waals surface area contributed by atoms with Crippen LogP contribution < -0.4 is 4.74 Å². The highest BCUT2D eigenvalue weighted by Crippen LogP contribution is 2.16. The van der Waals surface area contributed by atoms with Gasteiger partial charge in [-0.2, -0.15) is 0 Å². The molecule has 2 heteroatoms. The zero-order valence-electron chi connectivity index (χ0n) is 9.36. The molecule has 1 atom stereocenters. The first-order valence-electron chi connectivity index (χ1n) is 5.82. The highest BCUT2D eigenvalue weighted by atomic mass is 16.5. The van der Waals surface area contributed by atoms with Gasteiger partial charge >= 0.3 is 0 Å². The minimum Gasteiger partial charge on any atom is -0.475 e. The molecule has 0 aliphatic carbocycles. The second-order valence-electron chi connectivity index (χ2n) is 4.13. The van der Waals surface area contributed by atoms with Crippen molar-refractivity contribution >= 4 is 0 Å². The van der Waals surface area contributed by atoms with Crippen LogP contribution in [-0.2, 0) is 0 Å². The van der Waals surface area contributed by atoms with Gasteiger partial charge in [-0.3, -0.25) is 4.90 Å². The zero-order chi connectivity index (χ0) is 10.5. The van der Waals surface area contributed by atoms with Gasteiger partial charge in [0.25, 0.3) is 0 Å². The summed E-state index contributed by atoms with van der Waals surface area (Å²) in [6.45, 7) is 4.49. The molecule has 15 heavy (non-hydrogen) atoms. The number of benzene rings is 1. The smallest absolute Gasteiger partial charge is 0.149 e. The van der Waals surface area contributed by atoms with E-state index in [1.54, 1.807) is 0 Å². The molecule has 1 fully saturated rings. The van der Waals surface area contributed by atoms with E-state index in [-0.39, 0.29) is 6.23 Å². The minimum absolute atomic E-state index is 0.202. The zero-order valence-corrected chi connectivity index (χ0v) is 9.36. The lowest BCUT2D eigenvalue weighted by atomic mass is 10.1. The average molecular weight is 205 g/mol. The van der Waals surface area contributed by atoms with Gasteiger partial charge in [0, 0.05) is 13.1 Å². The van der Waals surface area contributed by atoms with Gasteiger partial charge in [-0.25, -0.2) is 0 Å². The molecule has 0 N–H and O–H groups in total. The van der Waals surface area contributed by atoms with Crippen molar-refractivity contribution < 1.29 is 4.74 Å². The molecule has 1 aliphatic heterocycles. The molecule has 82 valence electrons. The molecule has 1 aromatic carbocycles. The molecule has 0 aromatic heterocycles. The monoisotopic (exact) mass is 205 g/mol. The predicted molar refractivity (Wildman–Crippen MR) is 62.0 cm³/mol. The first-order chi connectivity index (χ1) is 7.36. The maximum atomic E-state index is 5.88. The third-order valence-electron chi connectivity index (χ3n) is 2.95. The van der Waals surface area contributed by atoms with Gasteiger partial charge in [0.2, 0.25) is 0 Å². The van der Waals surface area contributed by atoms with Crippen LogP contribution in [0.5, 0.6) is 5.75 Å². The summed E-state index contributed by atoms with van der Waals surface area (Å²) in [5.41, 5.74) is 0. The first-order valence-corrected chi connectivity index (χ1v) is 5.82. The number of nitrogens with zero attached hydrogens (tertiary/aromatic N) is 1. The summed E-state index contributed by atoms with van der Waals surface area (Å²) in [5, 5.41) is 0. The van der Waals surface area contributed by atoms with E-state index in [4.69, 9.17) is 4.74 Å². The second-order valence-corrected chi connectivity index (χ2v) is 4.13. The van der Waals surface area contributed by atoms with Crippen molar-refractivity contribution in [3.05, 3.63) is 30.3 Å². The van der Waals surface area contributed by atoms with E-state index in [2.05, 4.69) is 11.8 Å². The Morgan fingerprint density at radius 2 is 1.73 bits per heavy atom. The Hall–Kier alpha value is -1.02. The third-order valence-corrected chi connectivity index (χ3v) is 2.95. The summed E-state index contributed by atoms with van der Waals surface area (Å²) in [6, 6.07) is 10.1. The molecule has 2 rings (SSSR count). The maximum absolute atomic E-state index is 5.88. The van der Waals surface area contributed by atoms with Crippen molar-refractivity contribution in [3.63, 3.8) is 0 Å². The standard InChI is InChI=1S/C13H19NO/c1-12(14-10-6-3-7-11-14)15-13-8-4-2-5-9-13/h2,4-5,8-9,12H,3,6-7,10-11H2,1H3. The van der Waals surface area contributed by atoms with E-state index >= 15 is 0 Å². The number of hydrogen-bond donors (Lipinski definition) is 0. The van der Waals surface area contributed by atoms with Gasteiger partial charge in [-0.05, 0) is 31.9 Å². The number of hydrogen-bond acceptors (Lipinski definition) is 2. The summed E-state index contributed by atoms with van der Waals surface area (Å²) in [5.74, 6) is 0.968. The van der Waals surface area contributed by atoms with Crippen molar-refractivity contribution in [2.45, 2.75) is 32.4 Å². The van der Waals surface area contributed by atoms with E-state index in [0.29, 0.717) is 0 Å². The predicted octanol–water partition coefficient (Wildman–Crippen LogP) is 2.90. The van der Waals surface area contributed by atoms with Crippen LogP contribution in [0.3, 0.4) is 0 Å². The van der Waals surface area contributed by atoms with Crippen LogP contribution in [0.2, 0.25) is 0 Å². The van der Waals surface area contributed by atoms with E-state index in [1.165, 1.54) is 32.4 Å². The Morgan fingerprint density at radius 3 is 2.40 bits per heavy atom. The SMILES string of the molecule is CC(Oc1ccccc1)N1CCCCC1. The van der Waals surface area contributed by atoms with E-state index < -0.39 is 0 Å². The van der Waals surface area contributed by atoms with Crippen molar-refractivity contribution in [2.75, 3.05) is 13.1 Å². The first kappa shape index (κ1) is 10.5. The van der Waals surface area contributed by atoms with Crippen LogP contribution in [0.15, 0.2) is 30.3 Å². The molecule has 0 saturated carbocycles. The molecule has 1 unspecified atom stereocenters. The molecule has 1 saturated heterocycles. The van der Waals surface area contributed by atoms with Gasteiger partial charge in [0.15, 0.2) is 0 Å². The average Bonchev–Trinajstić information content (AvgIpc) is 2.31. The van der Waals surface area contributed by atoms with Crippen LogP contribution in [-0.4, -0.2) is 24.2 Å². The summed E-state index contributed by atoms with van der Waals surface area (Å²) >= 11 is 0. The molecule has 0 bridgehead atoms. The largest absolute Gasteiger partial charge is 0.475 e. The van der Waals surface area contributed by atoms with Gasteiger partial charge in [0.05, 0.1) is 0 Å². The van der Waals surface area contributed by atoms with Crippen molar-refractivity contribution in [1.82, 2.24) is 4.90 Å².